The van der Waals surface area contributed by atoms with Crippen molar-refractivity contribution in [3.05, 3.63) is 39.9 Å². The summed E-state index contributed by atoms with van der Waals surface area (Å²) in [7, 11) is 0.120. The van der Waals surface area contributed by atoms with Gasteiger partial charge in [0.15, 0.2) is 5.78 Å². The lowest BCUT2D eigenvalue weighted by atomic mass is 10.1. The van der Waals surface area contributed by atoms with Gasteiger partial charge in [0.25, 0.3) is 5.69 Å². The van der Waals surface area contributed by atoms with Crippen LogP contribution in [-0.2, 0) is 0 Å². The summed E-state index contributed by atoms with van der Waals surface area (Å²) in [6.45, 7) is 0. The SMILES string of the molecule is O=C(CS1=CCCC1)c1ccc([N+](=O)[O-])cc1. The average molecular weight is 251 g/mol. The predicted molar refractivity (Wildman–Crippen MR) is 70.0 cm³/mol. The molecule has 0 aromatic heterocycles. The van der Waals surface area contributed by atoms with Gasteiger partial charge in [0.2, 0.25) is 0 Å². The molecule has 0 amide bonds. The van der Waals surface area contributed by atoms with E-state index in [1.165, 1.54) is 18.6 Å². The van der Waals surface area contributed by atoms with E-state index < -0.39 is 4.92 Å². The van der Waals surface area contributed by atoms with E-state index in [-0.39, 0.29) is 22.0 Å². The maximum absolute atomic E-state index is 11.9. The number of nitro groups is 1. The van der Waals surface area contributed by atoms with Crippen LogP contribution in [0.4, 0.5) is 5.69 Å². The molecule has 2 rings (SSSR count). The van der Waals surface area contributed by atoms with Gasteiger partial charge in [-0.1, -0.05) is 5.37 Å². The Hall–Kier alpha value is -1.49. The number of benzene rings is 1. The Kier molecular flexibility index (Phi) is 3.68. The topological polar surface area (TPSA) is 60.2 Å². The second kappa shape index (κ2) is 5.23. The molecule has 0 fully saturated rings. The van der Waals surface area contributed by atoms with Gasteiger partial charge >= 0.3 is 0 Å². The summed E-state index contributed by atoms with van der Waals surface area (Å²) in [5.41, 5.74) is 0.597. The van der Waals surface area contributed by atoms with Crippen LogP contribution in [0.2, 0.25) is 0 Å². The van der Waals surface area contributed by atoms with E-state index in [0.29, 0.717) is 11.3 Å². The highest BCUT2D eigenvalue weighted by Crippen LogP contribution is 2.23. The number of non-ortho nitro benzene ring substituents is 1. The Morgan fingerprint density at radius 3 is 2.59 bits per heavy atom. The highest BCUT2D eigenvalue weighted by atomic mass is 32.2. The third-order valence-electron chi connectivity index (χ3n) is 2.68. The van der Waals surface area contributed by atoms with Crippen LogP contribution < -0.4 is 0 Å². The first-order valence-electron chi connectivity index (χ1n) is 5.44. The Morgan fingerprint density at radius 1 is 1.35 bits per heavy atom. The molecule has 0 N–H and O–H groups in total. The molecule has 1 aliphatic heterocycles. The molecule has 17 heavy (non-hydrogen) atoms. The molecule has 1 aromatic rings. The molecule has 1 aliphatic rings. The van der Waals surface area contributed by atoms with Crippen LogP contribution in [0.25, 0.3) is 0 Å². The van der Waals surface area contributed by atoms with E-state index in [4.69, 9.17) is 0 Å². The molecule has 1 heterocycles. The van der Waals surface area contributed by atoms with Crippen LogP contribution >= 0.6 is 10.5 Å². The molecule has 1 unspecified atom stereocenters. The zero-order valence-corrected chi connectivity index (χ0v) is 10.1. The molecule has 0 aliphatic carbocycles. The van der Waals surface area contributed by atoms with Crippen molar-refractivity contribution < 1.29 is 9.72 Å². The normalized spacial score (nSPS) is 18.7. The first kappa shape index (κ1) is 12.0. The summed E-state index contributed by atoms with van der Waals surface area (Å²) in [6, 6.07) is 5.85. The van der Waals surface area contributed by atoms with E-state index in [0.717, 1.165) is 12.2 Å². The molecule has 0 saturated heterocycles. The van der Waals surface area contributed by atoms with Crippen LogP contribution in [0.15, 0.2) is 24.3 Å². The quantitative estimate of drug-likeness (QED) is 0.358. The molecule has 1 atom stereocenters. The van der Waals surface area contributed by atoms with Crippen LogP contribution in [0.1, 0.15) is 23.2 Å². The highest BCUT2D eigenvalue weighted by molar-refractivity contribution is 8.15. The first-order valence-corrected chi connectivity index (χ1v) is 7.07. The minimum atomic E-state index is -0.458. The third-order valence-corrected chi connectivity index (χ3v) is 4.83. The van der Waals surface area contributed by atoms with Gasteiger partial charge in [-0.3, -0.25) is 14.9 Å². The zero-order valence-electron chi connectivity index (χ0n) is 9.30. The summed E-state index contributed by atoms with van der Waals surface area (Å²) in [5, 5.41) is 12.7. The molecular formula is C12H13NO3S. The maximum atomic E-state index is 11.9. The van der Waals surface area contributed by atoms with Gasteiger partial charge in [-0.15, -0.1) is 0 Å². The molecule has 5 heteroatoms. The van der Waals surface area contributed by atoms with Gasteiger partial charge in [-0.2, -0.15) is 10.5 Å². The second-order valence-corrected chi connectivity index (χ2v) is 6.03. The fourth-order valence-corrected chi connectivity index (χ4v) is 3.72. The van der Waals surface area contributed by atoms with Crippen molar-refractivity contribution in [2.24, 2.45) is 0 Å². The number of hydrogen-bond donors (Lipinski definition) is 0. The predicted octanol–water partition coefficient (Wildman–Crippen LogP) is 2.64. The smallest absolute Gasteiger partial charge is 0.269 e. The summed E-state index contributed by atoms with van der Waals surface area (Å²) >= 11 is 0. The minimum absolute atomic E-state index is 0.0245. The van der Waals surface area contributed by atoms with Crippen molar-refractivity contribution in [3.8, 4) is 0 Å². The van der Waals surface area contributed by atoms with E-state index in [2.05, 4.69) is 5.37 Å². The van der Waals surface area contributed by atoms with Crippen molar-refractivity contribution in [2.45, 2.75) is 12.8 Å². The van der Waals surface area contributed by atoms with Crippen molar-refractivity contribution >= 4 is 27.3 Å². The lowest BCUT2D eigenvalue weighted by Crippen LogP contribution is -2.04. The van der Waals surface area contributed by atoms with Crippen LogP contribution in [0.5, 0.6) is 0 Å². The number of ketones is 1. The fraction of sp³-hybridized carbons (Fsp3) is 0.333. The monoisotopic (exact) mass is 251 g/mol. The Bertz CT molecular complexity index is 479. The molecule has 4 nitrogen and oxygen atoms in total. The Balaban J connectivity index is 2.06. The zero-order chi connectivity index (χ0) is 12.3. The van der Waals surface area contributed by atoms with Crippen molar-refractivity contribution in [1.82, 2.24) is 0 Å². The summed E-state index contributed by atoms with van der Waals surface area (Å²) < 4.78 is 0. The lowest BCUT2D eigenvalue weighted by molar-refractivity contribution is -0.384. The van der Waals surface area contributed by atoms with Gasteiger partial charge in [-0.25, -0.2) is 0 Å². The molecule has 0 saturated carbocycles. The van der Waals surface area contributed by atoms with E-state index >= 15 is 0 Å². The van der Waals surface area contributed by atoms with E-state index in [9.17, 15) is 14.9 Å². The van der Waals surface area contributed by atoms with Gasteiger partial charge in [0.1, 0.15) is 0 Å². The molecular weight excluding hydrogens is 238 g/mol. The van der Waals surface area contributed by atoms with Crippen molar-refractivity contribution in [1.29, 1.82) is 0 Å². The van der Waals surface area contributed by atoms with E-state index in [1.54, 1.807) is 12.1 Å². The summed E-state index contributed by atoms with van der Waals surface area (Å²) in [4.78, 5) is 21.9. The Morgan fingerprint density at radius 2 is 2.06 bits per heavy atom. The van der Waals surface area contributed by atoms with Crippen molar-refractivity contribution in [3.63, 3.8) is 0 Å². The third kappa shape index (κ3) is 3.00. The van der Waals surface area contributed by atoms with Crippen LogP contribution in [0.3, 0.4) is 0 Å². The number of hydrogen-bond acceptors (Lipinski definition) is 3. The molecule has 1 aromatic carbocycles. The van der Waals surface area contributed by atoms with Gasteiger partial charge < -0.3 is 0 Å². The van der Waals surface area contributed by atoms with Gasteiger partial charge in [-0.05, 0) is 30.7 Å². The van der Waals surface area contributed by atoms with Crippen molar-refractivity contribution in [2.75, 3.05) is 11.5 Å². The number of carbonyl (C=O) groups is 1. The number of nitro benzene ring substituents is 1. The molecule has 0 bridgehead atoms. The summed E-state index contributed by atoms with van der Waals surface area (Å²) in [5.74, 6) is 1.75. The summed E-state index contributed by atoms with van der Waals surface area (Å²) in [6.07, 6.45) is 2.29. The number of carbonyl (C=O) groups excluding carboxylic acids is 1. The number of nitrogens with zero attached hydrogens (tertiary/aromatic N) is 1. The van der Waals surface area contributed by atoms with Crippen LogP contribution in [0, 0.1) is 10.1 Å². The van der Waals surface area contributed by atoms with E-state index in [1.807, 2.05) is 0 Å². The standard InChI is InChI=1S/C12H13NO3S/c14-12(9-17-7-1-2-8-17)10-3-5-11(6-4-10)13(15)16/h3-7H,1-2,8-9H2. The maximum Gasteiger partial charge on any atom is 0.269 e. The number of Topliss-reactive ketones (excluding diaryl/α,β-unsaturated/α-hetero) is 1. The molecule has 0 spiro atoms. The lowest BCUT2D eigenvalue weighted by Gasteiger charge is -2.03. The first-order chi connectivity index (χ1) is 8.16. The molecule has 0 radical (unpaired) electrons. The fourth-order valence-electron chi connectivity index (χ4n) is 1.75. The second-order valence-electron chi connectivity index (χ2n) is 3.92. The Labute approximate surface area is 102 Å². The number of rotatable bonds is 4. The molecule has 90 valence electrons. The average Bonchev–Trinajstić information content (AvgIpc) is 2.82. The van der Waals surface area contributed by atoms with Gasteiger partial charge in [0.05, 0.1) is 10.7 Å². The minimum Gasteiger partial charge on any atom is -0.293 e. The van der Waals surface area contributed by atoms with Crippen LogP contribution in [-0.4, -0.2) is 27.6 Å². The largest absolute Gasteiger partial charge is 0.293 e. The highest BCUT2D eigenvalue weighted by Gasteiger charge is 2.12. The van der Waals surface area contributed by atoms with Gasteiger partial charge in [0, 0.05) is 17.7 Å².